The van der Waals surface area contributed by atoms with Gasteiger partial charge in [0.05, 0.1) is 18.8 Å². The van der Waals surface area contributed by atoms with Gasteiger partial charge >= 0.3 is 12.1 Å². The van der Waals surface area contributed by atoms with E-state index >= 15 is 0 Å². The summed E-state index contributed by atoms with van der Waals surface area (Å²) >= 11 is 0. The van der Waals surface area contributed by atoms with Crippen molar-refractivity contribution in [1.29, 1.82) is 0 Å². The third-order valence-electron chi connectivity index (χ3n) is 5.11. The minimum absolute atomic E-state index is 0.199. The summed E-state index contributed by atoms with van der Waals surface area (Å²) in [5.41, 5.74) is 0.629. The molecule has 0 saturated carbocycles. The molecule has 1 fully saturated rings. The molecule has 2 unspecified atom stereocenters. The van der Waals surface area contributed by atoms with Crippen LogP contribution in [0.2, 0.25) is 0 Å². The lowest BCUT2D eigenvalue weighted by molar-refractivity contribution is -0.138. The Labute approximate surface area is 180 Å². The topological polar surface area (TPSA) is 65.1 Å². The Morgan fingerprint density at radius 2 is 1.83 bits per heavy atom. The fourth-order valence-electron chi connectivity index (χ4n) is 3.78. The molecule has 6 nitrogen and oxygen atoms in total. The number of amides is 1. The fraction of sp³-hybridized carbons (Fsp3) is 0.583. The van der Waals surface area contributed by atoms with E-state index in [2.05, 4.69) is 13.8 Å². The number of hydrogen-bond acceptors (Lipinski definition) is 5. The van der Waals surface area contributed by atoms with E-state index in [9.17, 15) is 9.59 Å². The molecule has 1 amide bonds. The van der Waals surface area contributed by atoms with Crippen molar-refractivity contribution in [2.75, 3.05) is 6.61 Å². The number of benzene rings is 1. The van der Waals surface area contributed by atoms with E-state index in [0.717, 1.165) is 12.0 Å². The maximum absolute atomic E-state index is 13.1. The van der Waals surface area contributed by atoms with Crippen molar-refractivity contribution in [3.8, 4) is 0 Å². The van der Waals surface area contributed by atoms with E-state index in [4.69, 9.17) is 14.2 Å². The Kier molecular flexibility index (Phi) is 8.47. The summed E-state index contributed by atoms with van der Waals surface area (Å²) in [4.78, 5) is 27.0. The van der Waals surface area contributed by atoms with Crippen molar-refractivity contribution in [3.63, 3.8) is 0 Å². The standard InChI is InChI=1S/C24H35NO5/c1-7-19(22(26)28-8-2)15-21-20(14-17(3)4)25(24(5,6)30-21)23(27)29-16-18-12-10-9-11-13-18/h9-13,15,17,20-21H,7-8,14,16H2,1-6H3. The molecule has 1 aliphatic heterocycles. The van der Waals surface area contributed by atoms with Gasteiger partial charge in [0.2, 0.25) is 0 Å². The first-order valence-electron chi connectivity index (χ1n) is 10.7. The summed E-state index contributed by atoms with van der Waals surface area (Å²) < 4.78 is 17.0. The molecule has 30 heavy (non-hydrogen) atoms. The molecule has 0 spiro atoms. The number of nitrogens with zero attached hydrogens (tertiary/aromatic N) is 1. The highest BCUT2D eigenvalue weighted by Gasteiger charge is 2.50. The second kappa shape index (κ2) is 10.6. The van der Waals surface area contributed by atoms with Crippen LogP contribution in [0.4, 0.5) is 4.79 Å². The lowest BCUT2D eigenvalue weighted by atomic mass is 9.96. The molecule has 1 aromatic rings. The SMILES string of the molecule is CCOC(=O)C(=CC1OC(C)(C)N(C(=O)OCc2ccccc2)C1CC(C)C)CC. The van der Waals surface area contributed by atoms with E-state index in [1.807, 2.05) is 57.2 Å². The number of carbonyl (C=O) groups is 2. The zero-order chi connectivity index (χ0) is 22.3. The van der Waals surface area contributed by atoms with Crippen LogP contribution in [0.25, 0.3) is 0 Å². The van der Waals surface area contributed by atoms with Gasteiger partial charge in [-0.15, -0.1) is 0 Å². The Bertz CT molecular complexity index is 741. The Morgan fingerprint density at radius 1 is 1.17 bits per heavy atom. The van der Waals surface area contributed by atoms with Gasteiger partial charge in [-0.1, -0.05) is 51.1 Å². The van der Waals surface area contributed by atoms with Gasteiger partial charge in [0, 0.05) is 5.57 Å². The molecule has 1 aromatic carbocycles. The van der Waals surface area contributed by atoms with Crippen LogP contribution in [-0.4, -0.2) is 41.4 Å². The Morgan fingerprint density at radius 3 is 2.40 bits per heavy atom. The zero-order valence-electron chi connectivity index (χ0n) is 19.0. The van der Waals surface area contributed by atoms with Crippen LogP contribution in [-0.2, 0) is 25.6 Å². The fourth-order valence-corrected chi connectivity index (χ4v) is 3.78. The molecule has 6 heteroatoms. The molecule has 0 radical (unpaired) electrons. The highest BCUT2D eigenvalue weighted by molar-refractivity contribution is 5.88. The van der Waals surface area contributed by atoms with Crippen LogP contribution in [0.5, 0.6) is 0 Å². The quantitative estimate of drug-likeness (QED) is 0.436. The molecule has 0 aromatic heterocycles. The largest absolute Gasteiger partial charge is 0.463 e. The summed E-state index contributed by atoms with van der Waals surface area (Å²) in [7, 11) is 0. The first kappa shape index (κ1) is 23.9. The number of ether oxygens (including phenoxy) is 3. The molecule has 0 aliphatic carbocycles. The van der Waals surface area contributed by atoms with Crippen molar-refractivity contribution in [3.05, 3.63) is 47.5 Å². The minimum Gasteiger partial charge on any atom is -0.463 e. The molecule has 1 aliphatic rings. The summed E-state index contributed by atoms with van der Waals surface area (Å²) in [6.07, 6.45) is 2.25. The maximum atomic E-state index is 13.1. The normalized spacial score (nSPS) is 21.0. The highest BCUT2D eigenvalue weighted by atomic mass is 16.6. The third-order valence-corrected chi connectivity index (χ3v) is 5.11. The van der Waals surface area contributed by atoms with Crippen molar-refractivity contribution in [2.24, 2.45) is 5.92 Å². The molecule has 1 saturated heterocycles. The van der Waals surface area contributed by atoms with E-state index in [1.54, 1.807) is 11.8 Å². The molecule has 2 atom stereocenters. The van der Waals surface area contributed by atoms with E-state index < -0.39 is 17.9 Å². The predicted molar refractivity (Wildman–Crippen MR) is 116 cm³/mol. The number of hydrogen-bond donors (Lipinski definition) is 0. The zero-order valence-corrected chi connectivity index (χ0v) is 19.0. The number of carbonyl (C=O) groups excluding carboxylic acids is 2. The lowest BCUT2D eigenvalue weighted by Crippen LogP contribution is -2.48. The van der Waals surface area contributed by atoms with Crippen LogP contribution in [0.1, 0.15) is 59.9 Å². The van der Waals surface area contributed by atoms with Gasteiger partial charge in [-0.25, -0.2) is 9.59 Å². The van der Waals surface area contributed by atoms with Gasteiger partial charge in [0.25, 0.3) is 0 Å². The van der Waals surface area contributed by atoms with Crippen LogP contribution in [0, 0.1) is 5.92 Å². The smallest absolute Gasteiger partial charge is 0.412 e. The summed E-state index contributed by atoms with van der Waals surface area (Å²) in [5.74, 6) is -0.00435. The second-order valence-corrected chi connectivity index (χ2v) is 8.40. The summed E-state index contributed by atoms with van der Waals surface area (Å²) in [6.45, 7) is 12.1. The molecule has 0 bridgehead atoms. The van der Waals surface area contributed by atoms with Gasteiger partial charge in [-0.2, -0.15) is 0 Å². The van der Waals surface area contributed by atoms with Crippen LogP contribution in [0.15, 0.2) is 42.0 Å². The van der Waals surface area contributed by atoms with Crippen molar-refractivity contribution >= 4 is 12.1 Å². The summed E-state index contributed by atoms with van der Waals surface area (Å²) in [6, 6.07) is 9.35. The average molecular weight is 418 g/mol. The third kappa shape index (κ3) is 6.08. The summed E-state index contributed by atoms with van der Waals surface area (Å²) in [5, 5.41) is 0. The molecule has 0 N–H and O–H groups in total. The van der Waals surface area contributed by atoms with Gasteiger partial charge in [-0.3, -0.25) is 4.90 Å². The van der Waals surface area contributed by atoms with Gasteiger partial charge in [-0.05, 0) is 51.2 Å². The molecule has 2 rings (SSSR count). The monoisotopic (exact) mass is 417 g/mol. The first-order valence-corrected chi connectivity index (χ1v) is 10.7. The molecule has 166 valence electrons. The van der Waals surface area contributed by atoms with Crippen molar-refractivity contribution in [1.82, 2.24) is 4.90 Å². The average Bonchev–Trinajstić information content (AvgIpc) is 2.93. The van der Waals surface area contributed by atoms with Gasteiger partial charge in [0.1, 0.15) is 12.3 Å². The predicted octanol–water partition coefficient (Wildman–Crippen LogP) is 5.07. The van der Waals surface area contributed by atoms with Crippen LogP contribution >= 0.6 is 0 Å². The van der Waals surface area contributed by atoms with Gasteiger partial charge in [0.15, 0.2) is 0 Å². The minimum atomic E-state index is -0.859. The molecular formula is C24H35NO5. The second-order valence-electron chi connectivity index (χ2n) is 8.40. The first-order chi connectivity index (χ1) is 14.2. The van der Waals surface area contributed by atoms with E-state index in [0.29, 0.717) is 24.5 Å². The van der Waals surface area contributed by atoms with Gasteiger partial charge < -0.3 is 14.2 Å². The van der Waals surface area contributed by atoms with Crippen LogP contribution < -0.4 is 0 Å². The Hall–Kier alpha value is -2.34. The van der Waals surface area contributed by atoms with Crippen LogP contribution in [0.3, 0.4) is 0 Å². The van der Waals surface area contributed by atoms with Crippen molar-refractivity contribution in [2.45, 2.75) is 78.9 Å². The number of esters is 1. The number of rotatable bonds is 8. The Balaban J connectivity index is 2.26. The van der Waals surface area contributed by atoms with E-state index in [-0.39, 0.29) is 18.6 Å². The lowest BCUT2D eigenvalue weighted by Gasteiger charge is -2.33. The molecular weight excluding hydrogens is 382 g/mol. The van der Waals surface area contributed by atoms with Crippen molar-refractivity contribution < 1.29 is 23.8 Å². The molecule has 1 heterocycles. The van der Waals surface area contributed by atoms with E-state index in [1.165, 1.54) is 0 Å². The maximum Gasteiger partial charge on any atom is 0.412 e. The highest BCUT2D eigenvalue weighted by Crippen LogP contribution is 2.37.